The highest BCUT2D eigenvalue weighted by Gasteiger charge is 2.05. The monoisotopic (exact) mass is 235 g/mol. The Hall–Kier alpha value is -1.35. The normalized spacial score (nSPS) is 12.2. The van der Waals surface area contributed by atoms with Crippen LogP contribution in [-0.4, -0.2) is 25.7 Å². The largest absolute Gasteiger partial charge is 0.465 e. The number of hydrogen-bond acceptors (Lipinski definition) is 3. The highest BCUT2D eigenvalue weighted by molar-refractivity contribution is 5.89. The molecule has 17 heavy (non-hydrogen) atoms. The molecule has 0 saturated heterocycles. The molecule has 0 aromatic heterocycles. The van der Waals surface area contributed by atoms with Gasteiger partial charge in [-0.25, -0.2) is 4.79 Å². The summed E-state index contributed by atoms with van der Waals surface area (Å²) in [7, 11) is 1.40. The fourth-order valence-corrected chi connectivity index (χ4v) is 1.76. The number of benzene rings is 1. The number of methoxy groups -OCH3 is 1. The Bertz CT molecular complexity index is 346. The van der Waals surface area contributed by atoms with Gasteiger partial charge in [0, 0.05) is 6.04 Å². The average Bonchev–Trinajstić information content (AvgIpc) is 2.36. The summed E-state index contributed by atoms with van der Waals surface area (Å²) in [5.74, 6) is -0.280. The Morgan fingerprint density at radius 2 is 2.00 bits per heavy atom. The van der Waals surface area contributed by atoms with Crippen molar-refractivity contribution in [1.29, 1.82) is 0 Å². The van der Waals surface area contributed by atoms with Crippen molar-refractivity contribution < 1.29 is 9.53 Å². The predicted octanol–water partition coefficient (Wildman–Crippen LogP) is 2.40. The van der Waals surface area contributed by atoms with Crippen molar-refractivity contribution in [2.24, 2.45) is 0 Å². The third-order valence-corrected chi connectivity index (χ3v) is 2.79. The molecule has 0 spiro atoms. The van der Waals surface area contributed by atoms with E-state index in [1.807, 2.05) is 24.3 Å². The Morgan fingerprint density at radius 3 is 2.53 bits per heavy atom. The van der Waals surface area contributed by atoms with Crippen molar-refractivity contribution in [3.63, 3.8) is 0 Å². The number of nitrogens with one attached hydrogen (secondary N) is 1. The van der Waals surface area contributed by atoms with E-state index >= 15 is 0 Å². The molecule has 1 rings (SSSR count). The lowest BCUT2D eigenvalue weighted by Gasteiger charge is -2.11. The van der Waals surface area contributed by atoms with Crippen molar-refractivity contribution in [3.8, 4) is 0 Å². The molecule has 3 nitrogen and oxygen atoms in total. The lowest BCUT2D eigenvalue weighted by molar-refractivity contribution is 0.0600. The first-order valence-corrected chi connectivity index (χ1v) is 6.08. The highest BCUT2D eigenvalue weighted by atomic mass is 16.5. The topological polar surface area (TPSA) is 38.3 Å². The number of ether oxygens (including phenoxy) is 1. The van der Waals surface area contributed by atoms with E-state index in [9.17, 15) is 4.79 Å². The number of hydrogen-bond donors (Lipinski definition) is 1. The van der Waals surface area contributed by atoms with Crippen LogP contribution in [0.1, 0.15) is 36.2 Å². The minimum absolute atomic E-state index is 0.280. The fraction of sp³-hybridized carbons (Fsp3) is 0.500. The lowest BCUT2D eigenvalue weighted by atomic mass is 10.0. The average molecular weight is 235 g/mol. The molecule has 3 heteroatoms. The second kappa shape index (κ2) is 7.07. The van der Waals surface area contributed by atoms with Gasteiger partial charge in [-0.2, -0.15) is 0 Å². The van der Waals surface area contributed by atoms with Gasteiger partial charge in [0.15, 0.2) is 0 Å². The van der Waals surface area contributed by atoms with E-state index in [2.05, 4.69) is 23.9 Å². The maximum Gasteiger partial charge on any atom is 0.337 e. The molecule has 94 valence electrons. The third-order valence-electron chi connectivity index (χ3n) is 2.79. The molecule has 0 saturated carbocycles. The van der Waals surface area contributed by atoms with Crippen LogP contribution in [0.25, 0.3) is 0 Å². The first-order valence-electron chi connectivity index (χ1n) is 6.08. The summed E-state index contributed by atoms with van der Waals surface area (Å²) >= 11 is 0. The molecular weight excluding hydrogens is 214 g/mol. The summed E-state index contributed by atoms with van der Waals surface area (Å²) in [6.45, 7) is 5.30. The van der Waals surface area contributed by atoms with Gasteiger partial charge < -0.3 is 10.1 Å². The van der Waals surface area contributed by atoms with Crippen LogP contribution in [0.4, 0.5) is 0 Å². The second-order valence-electron chi connectivity index (χ2n) is 4.19. The predicted molar refractivity (Wildman–Crippen MR) is 69.2 cm³/mol. The Kier molecular flexibility index (Phi) is 5.70. The number of esters is 1. The Labute approximate surface area is 103 Å². The van der Waals surface area contributed by atoms with Crippen LogP contribution in [0.3, 0.4) is 0 Å². The van der Waals surface area contributed by atoms with Gasteiger partial charge in [0.05, 0.1) is 12.7 Å². The van der Waals surface area contributed by atoms with Crippen molar-refractivity contribution in [2.45, 2.75) is 32.7 Å². The van der Waals surface area contributed by atoms with E-state index in [1.54, 1.807) is 0 Å². The van der Waals surface area contributed by atoms with Crippen LogP contribution in [0.5, 0.6) is 0 Å². The summed E-state index contributed by atoms with van der Waals surface area (Å²) in [5.41, 5.74) is 1.86. The van der Waals surface area contributed by atoms with Gasteiger partial charge in [-0.3, -0.25) is 0 Å². The van der Waals surface area contributed by atoms with Gasteiger partial charge >= 0.3 is 5.97 Å². The van der Waals surface area contributed by atoms with E-state index in [0.29, 0.717) is 11.6 Å². The van der Waals surface area contributed by atoms with Crippen LogP contribution < -0.4 is 5.32 Å². The van der Waals surface area contributed by atoms with E-state index < -0.39 is 0 Å². The minimum Gasteiger partial charge on any atom is -0.465 e. The molecule has 0 aliphatic carbocycles. The van der Waals surface area contributed by atoms with Crippen LogP contribution >= 0.6 is 0 Å². The zero-order chi connectivity index (χ0) is 12.7. The van der Waals surface area contributed by atoms with Crippen molar-refractivity contribution in [1.82, 2.24) is 5.32 Å². The first kappa shape index (κ1) is 13.7. The number of aryl methyl sites for hydroxylation is 1. The standard InChI is InChI=1S/C14H21NO2/c1-4-15-11(2)5-6-12-7-9-13(10-8-12)14(16)17-3/h7-11,15H,4-6H2,1-3H3. The molecule has 0 aliphatic heterocycles. The minimum atomic E-state index is -0.280. The zero-order valence-electron chi connectivity index (χ0n) is 10.8. The fourth-order valence-electron chi connectivity index (χ4n) is 1.76. The van der Waals surface area contributed by atoms with E-state index in [-0.39, 0.29) is 5.97 Å². The van der Waals surface area contributed by atoms with Crippen LogP contribution in [0.2, 0.25) is 0 Å². The molecule has 0 amide bonds. The first-order chi connectivity index (χ1) is 8.17. The van der Waals surface area contributed by atoms with Gasteiger partial charge in [0.1, 0.15) is 0 Å². The maximum atomic E-state index is 11.2. The summed E-state index contributed by atoms with van der Waals surface area (Å²) in [6, 6.07) is 8.15. The van der Waals surface area contributed by atoms with Gasteiger partial charge in [-0.1, -0.05) is 19.1 Å². The Balaban J connectivity index is 2.48. The smallest absolute Gasteiger partial charge is 0.337 e. The molecule has 0 bridgehead atoms. The third kappa shape index (κ3) is 4.57. The second-order valence-corrected chi connectivity index (χ2v) is 4.19. The van der Waals surface area contributed by atoms with Gasteiger partial charge in [-0.15, -0.1) is 0 Å². The lowest BCUT2D eigenvalue weighted by Crippen LogP contribution is -2.25. The van der Waals surface area contributed by atoms with Crippen LogP contribution in [-0.2, 0) is 11.2 Å². The quantitative estimate of drug-likeness (QED) is 0.769. The van der Waals surface area contributed by atoms with Gasteiger partial charge in [0.2, 0.25) is 0 Å². The van der Waals surface area contributed by atoms with E-state index in [0.717, 1.165) is 19.4 Å². The molecule has 1 aromatic carbocycles. The van der Waals surface area contributed by atoms with Crippen molar-refractivity contribution >= 4 is 5.97 Å². The van der Waals surface area contributed by atoms with E-state index in [1.165, 1.54) is 12.7 Å². The molecule has 0 aliphatic rings. The van der Waals surface area contributed by atoms with Crippen molar-refractivity contribution in [2.75, 3.05) is 13.7 Å². The summed E-state index contributed by atoms with van der Waals surface area (Å²) < 4.78 is 4.66. The Morgan fingerprint density at radius 1 is 1.35 bits per heavy atom. The summed E-state index contributed by atoms with van der Waals surface area (Å²) in [5, 5.41) is 3.38. The number of carbonyl (C=O) groups excluding carboxylic acids is 1. The molecule has 1 aromatic rings. The molecule has 1 atom stereocenters. The summed E-state index contributed by atoms with van der Waals surface area (Å²) in [6.07, 6.45) is 2.13. The van der Waals surface area contributed by atoms with Crippen molar-refractivity contribution in [3.05, 3.63) is 35.4 Å². The highest BCUT2D eigenvalue weighted by Crippen LogP contribution is 2.09. The molecule has 1 unspecified atom stereocenters. The summed E-state index contributed by atoms with van der Waals surface area (Å²) in [4.78, 5) is 11.2. The van der Waals surface area contributed by atoms with Gasteiger partial charge in [0.25, 0.3) is 0 Å². The van der Waals surface area contributed by atoms with E-state index in [4.69, 9.17) is 0 Å². The zero-order valence-corrected chi connectivity index (χ0v) is 10.8. The molecule has 1 N–H and O–H groups in total. The van der Waals surface area contributed by atoms with Gasteiger partial charge in [-0.05, 0) is 44.0 Å². The molecule has 0 radical (unpaired) electrons. The maximum absolute atomic E-state index is 11.2. The van der Waals surface area contributed by atoms with Crippen LogP contribution in [0, 0.1) is 0 Å². The molecule has 0 fully saturated rings. The SMILES string of the molecule is CCNC(C)CCc1ccc(C(=O)OC)cc1. The van der Waals surface area contributed by atoms with Crippen LogP contribution in [0.15, 0.2) is 24.3 Å². The number of carbonyl (C=O) groups is 1. The molecular formula is C14H21NO2. The number of rotatable bonds is 6. The molecule has 0 heterocycles.